The summed E-state index contributed by atoms with van der Waals surface area (Å²) >= 11 is 0. The number of aryl methyl sites for hydroxylation is 1. The van der Waals surface area contributed by atoms with E-state index in [1.165, 1.54) is 6.20 Å². The van der Waals surface area contributed by atoms with Gasteiger partial charge in [0, 0.05) is 45.1 Å². The van der Waals surface area contributed by atoms with E-state index in [0.717, 1.165) is 5.95 Å². The first-order valence-corrected chi connectivity index (χ1v) is 9.34. The van der Waals surface area contributed by atoms with Crippen LogP contribution in [0.2, 0.25) is 0 Å². The van der Waals surface area contributed by atoms with Crippen molar-refractivity contribution in [2.45, 2.75) is 13.5 Å². The van der Waals surface area contributed by atoms with Crippen LogP contribution in [0.1, 0.15) is 27.6 Å². The number of nitrogens with zero attached hydrogens (tertiary/aromatic N) is 6. The van der Waals surface area contributed by atoms with Crippen molar-refractivity contribution >= 4 is 34.8 Å². The Hall–Kier alpha value is -3.69. The van der Waals surface area contributed by atoms with Crippen LogP contribution in [0.3, 0.4) is 0 Å². The summed E-state index contributed by atoms with van der Waals surface area (Å²) in [6, 6.07) is 4.92. The number of imidazole rings is 1. The number of pyridine rings is 2. The molecule has 3 aromatic rings. The van der Waals surface area contributed by atoms with Gasteiger partial charge in [-0.2, -0.15) is 0 Å². The first kappa shape index (κ1) is 18.7. The maximum atomic E-state index is 11.7. The summed E-state index contributed by atoms with van der Waals surface area (Å²) in [5.41, 5.74) is 7.22. The summed E-state index contributed by atoms with van der Waals surface area (Å²) < 4.78 is 1.98. The lowest BCUT2D eigenvalue weighted by atomic mass is 10.2. The van der Waals surface area contributed by atoms with Gasteiger partial charge in [-0.3, -0.25) is 9.36 Å². The van der Waals surface area contributed by atoms with E-state index < -0.39 is 11.9 Å². The zero-order chi connectivity index (χ0) is 20.5. The van der Waals surface area contributed by atoms with Gasteiger partial charge in [-0.25, -0.2) is 19.7 Å². The van der Waals surface area contributed by atoms with E-state index in [1.54, 1.807) is 24.4 Å². The highest BCUT2D eigenvalue weighted by Gasteiger charge is 2.25. The molecule has 0 bridgehead atoms. The van der Waals surface area contributed by atoms with Crippen molar-refractivity contribution in [1.82, 2.24) is 19.5 Å². The molecule has 4 heterocycles. The molecule has 150 valence electrons. The zero-order valence-electron chi connectivity index (χ0n) is 15.9. The van der Waals surface area contributed by atoms with E-state index in [2.05, 4.69) is 19.9 Å². The summed E-state index contributed by atoms with van der Waals surface area (Å²) in [5.74, 6) is -0.172. The van der Waals surface area contributed by atoms with Crippen LogP contribution in [-0.2, 0) is 6.54 Å². The van der Waals surface area contributed by atoms with Gasteiger partial charge in [0.1, 0.15) is 11.3 Å². The fourth-order valence-electron chi connectivity index (χ4n) is 3.61. The van der Waals surface area contributed by atoms with Gasteiger partial charge in [0.05, 0.1) is 11.1 Å². The van der Waals surface area contributed by atoms with Crippen LogP contribution >= 0.6 is 0 Å². The van der Waals surface area contributed by atoms with Crippen molar-refractivity contribution in [2.24, 2.45) is 5.73 Å². The number of piperazine rings is 1. The molecule has 1 aliphatic rings. The highest BCUT2D eigenvalue weighted by molar-refractivity contribution is 5.97. The molecule has 0 aromatic carbocycles. The molecular weight excluding hydrogens is 374 g/mol. The Morgan fingerprint density at radius 2 is 1.90 bits per heavy atom. The van der Waals surface area contributed by atoms with Crippen LogP contribution in [0.5, 0.6) is 0 Å². The topological polar surface area (TPSA) is 130 Å². The van der Waals surface area contributed by atoms with Crippen molar-refractivity contribution in [2.75, 3.05) is 36.0 Å². The van der Waals surface area contributed by atoms with Gasteiger partial charge in [-0.1, -0.05) is 0 Å². The van der Waals surface area contributed by atoms with Crippen molar-refractivity contribution in [3.8, 4) is 0 Å². The van der Waals surface area contributed by atoms with E-state index >= 15 is 0 Å². The van der Waals surface area contributed by atoms with Crippen LogP contribution in [-0.4, -0.2) is 62.7 Å². The molecule has 3 aromatic heterocycles. The molecule has 0 aliphatic carbocycles. The predicted molar refractivity (Wildman–Crippen MR) is 107 cm³/mol. The van der Waals surface area contributed by atoms with Gasteiger partial charge in [-0.15, -0.1) is 0 Å². The number of carbonyl (C=O) groups is 2. The molecule has 10 nitrogen and oxygen atoms in total. The minimum atomic E-state index is -1.03. The van der Waals surface area contributed by atoms with Gasteiger partial charge in [0.15, 0.2) is 5.65 Å². The van der Waals surface area contributed by atoms with Gasteiger partial charge in [-0.05, 0) is 25.1 Å². The monoisotopic (exact) mass is 395 g/mol. The number of aromatic carboxylic acids is 1. The minimum absolute atomic E-state index is 0.115. The average Bonchev–Trinajstić information content (AvgIpc) is 3.11. The van der Waals surface area contributed by atoms with Crippen molar-refractivity contribution in [3.05, 3.63) is 41.7 Å². The second-order valence-electron chi connectivity index (χ2n) is 6.74. The number of primary amides is 1. The van der Waals surface area contributed by atoms with Crippen LogP contribution in [0.25, 0.3) is 11.2 Å². The van der Waals surface area contributed by atoms with Crippen LogP contribution in [0, 0.1) is 0 Å². The Labute approximate surface area is 166 Å². The van der Waals surface area contributed by atoms with E-state index in [0.29, 0.717) is 55.3 Å². The Morgan fingerprint density at radius 1 is 1.17 bits per heavy atom. The summed E-state index contributed by atoms with van der Waals surface area (Å²) in [6.07, 6.45) is 3.00. The number of carbonyl (C=O) groups excluding carboxylic acids is 1. The summed E-state index contributed by atoms with van der Waals surface area (Å²) in [6.45, 7) is 5.31. The highest BCUT2D eigenvalue weighted by Crippen LogP contribution is 2.25. The number of hydrogen-bond acceptors (Lipinski definition) is 7. The molecule has 1 aliphatic heterocycles. The molecule has 29 heavy (non-hydrogen) atoms. The third-order valence-corrected chi connectivity index (χ3v) is 5.04. The van der Waals surface area contributed by atoms with Crippen LogP contribution in [0.4, 0.5) is 11.8 Å². The van der Waals surface area contributed by atoms with Gasteiger partial charge < -0.3 is 20.6 Å². The van der Waals surface area contributed by atoms with Gasteiger partial charge >= 0.3 is 5.97 Å². The number of hydrogen-bond donors (Lipinski definition) is 2. The molecular formula is C19H21N7O3. The molecule has 10 heteroatoms. The third kappa shape index (κ3) is 3.33. The Kier molecular flexibility index (Phi) is 4.75. The second-order valence-corrected chi connectivity index (χ2v) is 6.74. The molecule has 0 unspecified atom stereocenters. The number of rotatable bonds is 5. The standard InChI is InChI=1S/C19H21N7O3/c1-2-26-17-14(10-12(11-22-17)18(28)29)23-19(26)25-8-6-24(7-9-25)16-13(15(20)27)4-3-5-21-16/h3-5,10-11H,2,6-9H2,1H3,(H2,20,27)(H,28,29). The predicted octanol–water partition coefficient (Wildman–Crippen LogP) is 0.970. The summed E-state index contributed by atoms with van der Waals surface area (Å²) in [4.78, 5) is 40.4. The van der Waals surface area contributed by atoms with E-state index in [9.17, 15) is 14.7 Å². The number of amides is 1. The lowest BCUT2D eigenvalue weighted by Crippen LogP contribution is -2.48. The van der Waals surface area contributed by atoms with Crippen molar-refractivity contribution in [3.63, 3.8) is 0 Å². The lowest BCUT2D eigenvalue weighted by molar-refractivity contribution is 0.0696. The summed E-state index contributed by atoms with van der Waals surface area (Å²) in [5, 5.41) is 9.20. The first-order valence-electron chi connectivity index (χ1n) is 9.34. The quantitative estimate of drug-likeness (QED) is 0.653. The molecule has 0 atom stereocenters. The van der Waals surface area contributed by atoms with E-state index in [-0.39, 0.29) is 5.56 Å². The fraction of sp³-hybridized carbons (Fsp3) is 0.316. The molecule has 3 N–H and O–H groups in total. The largest absolute Gasteiger partial charge is 0.478 e. The summed E-state index contributed by atoms with van der Waals surface area (Å²) in [7, 11) is 0. The van der Waals surface area contributed by atoms with Gasteiger partial charge in [0.2, 0.25) is 5.95 Å². The van der Waals surface area contributed by atoms with E-state index in [4.69, 9.17) is 5.73 Å². The Bertz CT molecular complexity index is 1090. The molecule has 0 saturated carbocycles. The molecule has 1 amide bonds. The number of carboxylic acid groups (broad SMARTS) is 1. The maximum absolute atomic E-state index is 11.7. The normalized spacial score (nSPS) is 14.4. The van der Waals surface area contributed by atoms with Crippen molar-refractivity contribution in [1.29, 1.82) is 0 Å². The van der Waals surface area contributed by atoms with Crippen LogP contribution in [0.15, 0.2) is 30.6 Å². The average molecular weight is 395 g/mol. The minimum Gasteiger partial charge on any atom is -0.478 e. The highest BCUT2D eigenvalue weighted by atomic mass is 16.4. The second kappa shape index (κ2) is 7.38. The number of nitrogens with two attached hydrogens (primary N) is 1. The molecule has 0 radical (unpaired) electrons. The first-order chi connectivity index (χ1) is 14.0. The molecule has 4 rings (SSSR count). The Balaban J connectivity index is 1.59. The maximum Gasteiger partial charge on any atom is 0.337 e. The van der Waals surface area contributed by atoms with Crippen LogP contribution < -0.4 is 15.5 Å². The number of fused-ring (bicyclic) bond motifs is 1. The third-order valence-electron chi connectivity index (χ3n) is 5.04. The number of anilines is 2. The molecule has 0 spiro atoms. The number of carboxylic acids is 1. The fourth-order valence-corrected chi connectivity index (χ4v) is 3.61. The van der Waals surface area contributed by atoms with Gasteiger partial charge in [0.25, 0.3) is 5.91 Å². The van der Waals surface area contributed by atoms with E-state index in [1.807, 2.05) is 16.4 Å². The smallest absolute Gasteiger partial charge is 0.337 e. The number of aromatic nitrogens is 4. The Morgan fingerprint density at radius 3 is 2.55 bits per heavy atom. The lowest BCUT2D eigenvalue weighted by Gasteiger charge is -2.36. The SMILES string of the molecule is CCn1c(N2CCN(c3ncccc3C(N)=O)CC2)nc2cc(C(=O)O)cnc21. The zero-order valence-corrected chi connectivity index (χ0v) is 15.9. The molecule has 1 fully saturated rings. The van der Waals surface area contributed by atoms with Crippen molar-refractivity contribution < 1.29 is 14.7 Å². The molecule has 1 saturated heterocycles.